The molecule has 0 aliphatic rings. The first-order valence-electron chi connectivity index (χ1n) is 6.24. The first-order valence-corrected chi connectivity index (χ1v) is 6.24. The topological polar surface area (TPSA) is 58.6 Å². The largest absolute Gasteiger partial charge is 0.508 e. The third-order valence-electron chi connectivity index (χ3n) is 2.70. The molecule has 22 heavy (non-hydrogen) atoms. The molecule has 0 unspecified atom stereocenters. The van der Waals surface area contributed by atoms with Crippen molar-refractivity contribution in [3.05, 3.63) is 54.1 Å². The number of nitrogens with one attached hydrogen (secondary N) is 1. The molecule has 0 bridgehead atoms. The number of carbonyl (C=O) groups excluding carboxylic acids is 1. The summed E-state index contributed by atoms with van der Waals surface area (Å²) in [7, 11) is 0. The highest BCUT2D eigenvalue weighted by atomic mass is 19.4. The lowest BCUT2D eigenvalue weighted by Gasteiger charge is -2.13. The van der Waals surface area contributed by atoms with Gasteiger partial charge >= 0.3 is 6.18 Å². The molecular weight excluding hydrogens is 299 g/mol. The molecule has 0 fully saturated rings. The molecule has 0 saturated heterocycles. The number of hydrogen-bond acceptors (Lipinski definition) is 3. The third-order valence-corrected chi connectivity index (χ3v) is 2.70. The van der Waals surface area contributed by atoms with Crippen molar-refractivity contribution in [2.45, 2.75) is 6.18 Å². The second kappa shape index (κ2) is 6.38. The second-order valence-corrected chi connectivity index (χ2v) is 4.38. The normalized spacial score (nSPS) is 11.0. The van der Waals surface area contributed by atoms with Gasteiger partial charge in [0.15, 0.2) is 6.61 Å². The summed E-state index contributed by atoms with van der Waals surface area (Å²) in [6, 6.07) is 10.3. The molecule has 7 heteroatoms. The number of halogens is 3. The number of anilines is 1. The Morgan fingerprint density at radius 2 is 1.73 bits per heavy atom. The van der Waals surface area contributed by atoms with Gasteiger partial charge in [-0.05, 0) is 36.4 Å². The molecule has 116 valence electrons. The van der Waals surface area contributed by atoms with E-state index >= 15 is 0 Å². The van der Waals surface area contributed by atoms with Crippen molar-refractivity contribution in [3.8, 4) is 11.5 Å². The van der Waals surface area contributed by atoms with E-state index in [1.807, 2.05) is 0 Å². The van der Waals surface area contributed by atoms with Gasteiger partial charge in [-0.15, -0.1) is 0 Å². The zero-order valence-electron chi connectivity index (χ0n) is 11.2. The predicted octanol–water partition coefficient (Wildman–Crippen LogP) is 3.43. The molecule has 0 spiro atoms. The summed E-state index contributed by atoms with van der Waals surface area (Å²) in [5.74, 6) is -0.980. The quantitative estimate of drug-likeness (QED) is 0.851. The molecule has 0 radical (unpaired) electrons. The third kappa shape index (κ3) is 4.15. The van der Waals surface area contributed by atoms with E-state index in [-0.39, 0.29) is 5.75 Å². The minimum atomic E-state index is -4.55. The van der Waals surface area contributed by atoms with Crippen molar-refractivity contribution in [2.24, 2.45) is 0 Å². The number of phenolic OH excluding ortho intramolecular Hbond substituents is 1. The van der Waals surface area contributed by atoms with Crippen molar-refractivity contribution in [1.29, 1.82) is 0 Å². The fourth-order valence-corrected chi connectivity index (χ4v) is 1.71. The van der Waals surface area contributed by atoms with Crippen molar-refractivity contribution in [1.82, 2.24) is 0 Å². The van der Waals surface area contributed by atoms with Gasteiger partial charge in [0.25, 0.3) is 5.91 Å². The van der Waals surface area contributed by atoms with E-state index in [1.165, 1.54) is 36.4 Å². The molecule has 4 nitrogen and oxygen atoms in total. The van der Waals surface area contributed by atoms with E-state index in [2.05, 4.69) is 5.32 Å². The lowest BCUT2D eigenvalue weighted by molar-refractivity contribution is -0.139. The van der Waals surface area contributed by atoms with E-state index in [4.69, 9.17) is 9.84 Å². The molecule has 2 aromatic rings. The summed E-state index contributed by atoms with van der Waals surface area (Å²) in [5, 5.41) is 11.5. The summed E-state index contributed by atoms with van der Waals surface area (Å²) < 4.78 is 43.2. The smallest absolute Gasteiger partial charge is 0.419 e. The van der Waals surface area contributed by atoms with Crippen molar-refractivity contribution < 1.29 is 27.8 Å². The van der Waals surface area contributed by atoms with Crippen LogP contribution in [0.2, 0.25) is 0 Å². The highest BCUT2D eigenvalue weighted by molar-refractivity contribution is 5.91. The Morgan fingerprint density at radius 3 is 2.36 bits per heavy atom. The molecule has 0 aliphatic heterocycles. The number of amides is 1. The summed E-state index contributed by atoms with van der Waals surface area (Å²) in [6.45, 7) is -0.562. The second-order valence-electron chi connectivity index (χ2n) is 4.38. The zero-order chi connectivity index (χ0) is 16.2. The van der Waals surface area contributed by atoms with Crippen LogP contribution in [0.5, 0.6) is 11.5 Å². The highest BCUT2D eigenvalue weighted by Crippen LogP contribution is 2.35. The number of hydrogen-bond donors (Lipinski definition) is 2. The van der Waals surface area contributed by atoms with Gasteiger partial charge in [0.2, 0.25) is 0 Å². The zero-order valence-corrected chi connectivity index (χ0v) is 11.2. The number of phenols is 1. The number of rotatable bonds is 4. The number of carbonyl (C=O) groups is 1. The first-order chi connectivity index (χ1) is 10.4. The Kier molecular flexibility index (Phi) is 4.55. The minimum Gasteiger partial charge on any atom is -0.508 e. The Balaban J connectivity index is 1.98. The lowest BCUT2D eigenvalue weighted by atomic mass is 10.2. The number of alkyl halides is 3. The fourth-order valence-electron chi connectivity index (χ4n) is 1.71. The van der Waals surface area contributed by atoms with Crippen LogP contribution in [0.15, 0.2) is 48.5 Å². The molecule has 1 amide bonds. The maximum Gasteiger partial charge on any atom is 0.419 e. The molecule has 2 aromatic carbocycles. The Hall–Kier alpha value is -2.70. The van der Waals surface area contributed by atoms with Gasteiger partial charge in [-0.1, -0.05) is 12.1 Å². The van der Waals surface area contributed by atoms with Gasteiger partial charge in [-0.25, -0.2) is 0 Å². The van der Waals surface area contributed by atoms with Crippen LogP contribution in [0.25, 0.3) is 0 Å². The van der Waals surface area contributed by atoms with Crippen LogP contribution < -0.4 is 10.1 Å². The van der Waals surface area contributed by atoms with Crippen molar-refractivity contribution in [3.63, 3.8) is 0 Å². The number of para-hydroxylation sites is 1. The van der Waals surface area contributed by atoms with E-state index < -0.39 is 30.0 Å². The maximum atomic E-state index is 12.8. The highest BCUT2D eigenvalue weighted by Gasteiger charge is 2.34. The summed E-state index contributed by atoms with van der Waals surface area (Å²) in [5.41, 5.74) is -0.539. The average molecular weight is 311 g/mol. The van der Waals surface area contributed by atoms with E-state index in [0.29, 0.717) is 5.69 Å². The summed E-state index contributed by atoms with van der Waals surface area (Å²) >= 11 is 0. The van der Waals surface area contributed by atoms with Crippen LogP contribution in [-0.2, 0) is 11.0 Å². The van der Waals surface area contributed by atoms with Crippen LogP contribution in [0.4, 0.5) is 18.9 Å². The van der Waals surface area contributed by atoms with Crippen LogP contribution >= 0.6 is 0 Å². The van der Waals surface area contributed by atoms with Gasteiger partial charge < -0.3 is 15.2 Å². The van der Waals surface area contributed by atoms with E-state index in [9.17, 15) is 18.0 Å². The molecule has 0 saturated carbocycles. The fraction of sp³-hybridized carbons (Fsp3) is 0.133. The monoisotopic (exact) mass is 311 g/mol. The molecule has 2 rings (SSSR count). The van der Waals surface area contributed by atoms with E-state index in [1.54, 1.807) is 0 Å². The molecule has 2 N–H and O–H groups in total. The van der Waals surface area contributed by atoms with Gasteiger partial charge in [0.1, 0.15) is 11.5 Å². The summed E-state index contributed by atoms with van der Waals surface area (Å²) in [4.78, 5) is 11.7. The molecule has 0 atom stereocenters. The predicted molar refractivity (Wildman–Crippen MR) is 73.7 cm³/mol. The van der Waals surface area contributed by atoms with Crippen LogP contribution in [0.1, 0.15) is 5.56 Å². The minimum absolute atomic E-state index is 0.0355. The van der Waals surface area contributed by atoms with Gasteiger partial charge in [-0.2, -0.15) is 13.2 Å². The maximum absolute atomic E-state index is 12.8. The van der Waals surface area contributed by atoms with Crippen molar-refractivity contribution in [2.75, 3.05) is 11.9 Å². The summed E-state index contributed by atoms with van der Waals surface area (Å²) in [6.07, 6.45) is -4.55. The molecule has 0 aromatic heterocycles. The van der Waals surface area contributed by atoms with Crippen LogP contribution in [-0.4, -0.2) is 17.6 Å². The van der Waals surface area contributed by atoms with Gasteiger partial charge in [-0.3, -0.25) is 4.79 Å². The number of ether oxygens (including phenoxy) is 1. The Bertz CT molecular complexity index is 654. The standard InChI is InChI=1S/C15H12F3NO3/c16-15(17,18)12-3-1-2-4-13(12)22-9-14(21)19-10-5-7-11(20)8-6-10/h1-8,20H,9H2,(H,19,21). The number of aromatic hydroxyl groups is 1. The Labute approximate surface area is 124 Å². The van der Waals surface area contributed by atoms with Crippen LogP contribution in [0.3, 0.4) is 0 Å². The Morgan fingerprint density at radius 1 is 1.09 bits per heavy atom. The SMILES string of the molecule is O=C(COc1ccccc1C(F)(F)F)Nc1ccc(O)cc1. The first kappa shape index (κ1) is 15.7. The molecular formula is C15H12F3NO3. The number of benzene rings is 2. The molecule has 0 heterocycles. The molecule has 0 aliphatic carbocycles. The average Bonchev–Trinajstić information content (AvgIpc) is 2.47. The van der Waals surface area contributed by atoms with Gasteiger partial charge in [0.05, 0.1) is 5.56 Å². The lowest BCUT2D eigenvalue weighted by Crippen LogP contribution is -2.21. The van der Waals surface area contributed by atoms with Crippen LogP contribution in [0, 0.1) is 0 Å². The van der Waals surface area contributed by atoms with Gasteiger partial charge in [0, 0.05) is 5.69 Å². The van der Waals surface area contributed by atoms with E-state index in [0.717, 1.165) is 12.1 Å². The van der Waals surface area contributed by atoms with Crippen molar-refractivity contribution >= 4 is 11.6 Å².